The monoisotopic (exact) mass is 271 g/mol. The van der Waals surface area contributed by atoms with E-state index < -0.39 is 23.2 Å². The van der Waals surface area contributed by atoms with Crippen molar-refractivity contribution in [2.75, 3.05) is 13.2 Å². The number of hydrogen-bond donors (Lipinski definition) is 5. The maximum Gasteiger partial charge on any atom is 0.325 e. The van der Waals surface area contributed by atoms with Crippen molar-refractivity contribution >= 4 is 5.91 Å². The van der Waals surface area contributed by atoms with Crippen LogP contribution in [0.3, 0.4) is 0 Å². The molecule has 1 amide bonds. The number of nitrogens with one attached hydrogen (secondary N) is 3. The van der Waals surface area contributed by atoms with Gasteiger partial charge in [0.1, 0.15) is 0 Å². The zero-order chi connectivity index (χ0) is 14.4. The summed E-state index contributed by atoms with van der Waals surface area (Å²) in [6.45, 7) is 0.856. The largest absolute Gasteiger partial charge is 0.394 e. The molecular weight excluding hydrogens is 254 g/mol. The molecule has 1 rings (SSSR count). The van der Waals surface area contributed by atoms with Crippen LogP contribution in [0.5, 0.6) is 0 Å². The van der Waals surface area contributed by atoms with Crippen LogP contribution in [-0.4, -0.2) is 45.3 Å². The van der Waals surface area contributed by atoms with Gasteiger partial charge in [-0.3, -0.25) is 14.6 Å². The van der Waals surface area contributed by atoms with Gasteiger partial charge in [-0.1, -0.05) is 0 Å². The standard InChI is InChI=1S/C11H17N3O5/c1-6-8(10(18)14-11(19)12-6)2-3-9(17)13-7(4-15)5-16/h7,15-16H,2-5H2,1H3,(H,13,17)(H2,12,14,18,19). The van der Waals surface area contributed by atoms with Crippen molar-refractivity contribution in [2.45, 2.75) is 25.8 Å². The number of carbonyl (C=O) groups excluding carboxylic acids is 1. The van der Waals surface area contributed by atoms with Crippen molar-refractivity contribution in [3.63, 3.8) is 0 Å². The molecule has 0 bridgehead atoms. The highest BCUT2D eigenvalue weighted by molar-refractivity contribution is 5.76. The molecule has 0 aromatic carbocycles. The zero-order valence-corrected chi connectivity index (χ0v) is 10.5. The number of aromatic amines is 2. The Morgan fingerprint density at radius 3 is 2.42 bits per heavy atom. The molecule has 1 aromatic rings. The van der Waals surface area contributed by atoms with Crippen LogP contribution >= 0.6 is 0 Å². The van der Waals surface area contributed by atoms with Gasteiger partial charge in [-0.2, -0.15) is 0 Å². The van der Waals surface area contributed by atoms with Crippen LogP contribution in [0.1, 0.15) is 17.7 Å². The number of rotatable bonds is 6. The third kappa shape index (κ3) is 4.34. The summed E-state index contributed by atoms with van der Waals surface area (Å²) in [7, 11) is 0. The van der Waals surface area contributed by atoms with E-state index in [2.05, 4.69) is 15.3 Å². The summed E-state index contributed by atoms with van der Waals surface area (Å²) in [6, 6.07) is -0.706. The predicted molar refractivity (Wildman–Crippen MR) is 66.8 cm³/mol. The second-order valence-corrected chi connectivity index (χ2v) is 4.14. The first kappa shape index (κ1) is 15.1. The van der Waals surface area contributed by atoms with E-state index in [1.807, 2.05) is 0 Å². The summed E-state index contributed by atoms with van der Waals surface area (Å²) < 4.78 is 0. The molecule has 0 atom stereocenters. The summed E-state index contributed by atoms with van der Waals surface area (Å²) in [5.74, 6) is -0.391. The topological polar surface area (TPSA) is 135 Å². The molecule has 1 heterocycles. The van der Waals surface area contributed by atoms with Gasteiger partial charge in [-0.15, -0.1) is 0 Å². The third-order valence-electron chi connectivity index (χ3n) is 2.66. The van der Waals surface area contributed by atoms with Gasteiger partial charge in [-0.25, -0.2) is 4.79 Å². The lowest BCUT2D eigenvalue weighted by molar-refractivity contribution is -0.122. The Morgan fingerprint density at radius 1 is 1.26 bits per heavy atom. The smallest absolute Gasteiger partial charge is 0.325 e. The maximum atomic E-state index is 11.5. The Bertz CT molecular complexity index is 544. The number of amides is 1. The number of carbonyl (C=O) groups is 1. The molecule has 0 aliphatic heterocycles. The van der Waals surface area contributed by atoms with Crippen LogP contribution in [-0.2, 0) is 11.2 Å². The molecule has 0 aliphatic rings. The zero-order valence-electron chi connectivity index (χ0n) is 10.5. The molecule has 8 heteroatoms. The van der Waals surface area contributed by atoms with Gasteiger partial charge >= 0.3 is 5.69 Å². The van der Waals surface area contributed by atoms with Gasteiger partial charge < -0.3 is 20.5 Å². The van der Waals surface area contributed by atoms with E-state index in [0.717, 1.165) is 0 Å². The number of aromatic nitrogens is 2. The fourth-order valence-electron chi connectivity index (χ4n) is 1.61. The molecule has 19 heavy (non-hydrogen) atoms. The molecule has 0 saturated heterocycles. The summed E-state index contributed by atoms with van der Waals surface area (Å²) >= 11 is 0. The van der Waals surface area contributed by atoms with Gasteiger partial charge in [0, 0.05) is 17.7 Å². The van der Waals surface area contributed by atoms with Crippen molar-refractivity contribution < 1.29 is 15.0 Å². The van der Waals surface area contributed by atoms with Crippen molar-refractivity contribution in [3.8, 4) is 0 Å². The predicted octanol–water partition coefficient (Wildman–Crippen LogP) is -2.23. The Hall–Kier alpha value is -1.93. The molecule has 0 aliphatic carbocycles. The summed E-state index contributed by atoms with van der Waals surface area (Å²) in [4.78, 5) is 38.5. The second kappa shape index (κ2) is 6.86. The molecule has 1 aromatic heterocycles. The van der Waals surface area contributed by atoms with E-state index in [-0.39, 0.29) is 26.1 Å². The van der Waals surface area contributed by atoms with Gasteiger partial charge in [0.15, 0.2) is 0 Å². The summed E-state index contributed by atoms with van der Waals surface area (Å²) in [6.07, 6.45) is 0.180. The molecule has 0 saturated carbocycles. The van der Waals surface area contributed by atoms with E-state index in [0.29, 0.717) is 11.3 Å². The lowest BCUT2D eigenvalue weighted by atomic mass is 10.1. The van der Waals surface area contributed by atoms with E-state index in [9.17, 15) is 14.4 Å². The quantitative estimate of drug-likeness (QED) is 0.399. The van der Waals surface area contributed by atoms with Gasteiger partial charge in [0.05, 0.1) is 19.3 Å². The van der Waals surface area contributed by atoms with Gasteiger partial charge in [-0.05, 0) is 13.3 Å². The molecule has 5 N–H and O–H groups in total. The van der Waals surface area contributed by atoms with E-state index in [4.69, 9.17) is 10.2 Å². The van der Waals surface area contributed by atoms with Crippen molar-refractivity contribution in [3.05, 3.63) is 32.1 Å². The highest BCUT2D eigenvalue weighted by Gasteiger charge is 2.12. The minimum absolute atomic E-state index is 0.0203. The van der Waals surface area contributed by atoms with Crippen LogP contribution in [0.2, 0.25) is 0 Å². The number of hydrogen-bond acceptors (Lipinski definition) is 5. The second-order valence-electron chi connectivity index (χ2n) is 4.14. The Morgan fingerprint density at radius 2 is 1.89 bits per heavy atom. The number of H-pyrrole nitrogens is 2. The van der Waals surface area contributed by atoms with Crippen LogP contribution in [0.4, 0.5) is 0 Å². The molecule has 8 nitrogen and oxygen atoms in total. The average Bonchev–Trinajstić information content (AvgIpc) is 2.34. The SMILES string of the molecule is Cc1[nH]c(=O)[nH]c(=O)c1CCC(=O)NC(CO)CO. The van der Waals surface area contributed by atoms with E-state index in [1.165, 1.54) is 0 Å². The summed E-state index contributed by atoms with van der Waals surface area (Å²) in [5, 5.41) is 20.0. The number of aliphatic hydroxyl groups is 2. The minimum Gasteiger partial charge on any atom is -0.394 e. The molecule has 106 valence electrons. The van der Waals surface area contributed by atoms with Crippen LogP contribution in [0.25, 0.3) is 0 Å². The molecule has 0 spiro atoms. The first-order chi connectivity index (χ1) is 8.97. The van der Waals surface area contributed by atoms with Crippen molar-refractivity contribution in [2.24, 2.45) is 0 Å². The highest BCUT2D eigenvalue weighted by Crippen LogP contribution is 2.00. The number of aliphatic hydroxyl groups excluding tert-OH is 2. The van der Waals surface area contributed by atoms with E-state index >= 15 is 0 Å². The number of aryl methyl sites for hydroxylation is 1. The first-order valence-corrected chi connectivity index (χ1v) is 5.81. The van der Waals surface area contributed by atoms with Crippen LogP contribution in [0, 0.1) is 6.92 Å². The Labute approximate surface area is 108 Å². The third-order valence-corrected chi connectivity index (χ3v) is 2.66. The lowest BCUT2D eigenvalue weighted by Gasteiger charge is -2.13. The van der Waals surface area contributed by atoms with Gasteiger partial charge in [0.25, 0.3) is 5.56 Å². The fraction of sp³-hybridized carbons (Fsp3) is 0.545. The summed E-state index contributed by atoms with van der Waals surface area (Å²) in [5.41, 5.74) is -0.354. The molecule has 0 radical (unpaired) electrons. The first-order valence-electron chi connectivity index (χ1n) is 5.81. The molecular formula is C11H17N3O5. The van der Waals surface area contributed by atoms with Crippen LogP contribution in [0.15, 0.2) is 9.59 Å². The van der Waals surface area contributed by atoms with E-state index in [1.54, 1.807) is 6.92 Å². The maximum absolute atomic E-state index is 11.5. The highest BCUT2D eigenvalue weighted by atomic mass is 16.3. The Balaban J connectivity index is 2.65. The molecule has 0 unspecified atom stereocenters. The normalized spacial score (nSPS) is 10.7. The van der Waals surface area contributed by atoms with Gasteiger partial charge in [0.2, 0.25) is 5.91 Å². The van der Waals surface area contributed by atoms with Crippen molar-refractivity contribution in [1.29, 1.82) is 0 Å². The Kier molecular flexibility index (Phi) is 5.46. The lowest BCUT2D eigenvalue weighted by Crippen LogP contribution is -2.40. The molecule has 0 fully saturated rings. The fourth-order valence-corrected chi connectivity index (χ4v) is 1.61. The average molecular weight is 271 g/mol. The minimum atomic E-state index is -0.706. The van der Waals surface area contributed by atoms with Crippen molar-refractivity contribution in [1.82, 2.24) is 15.3 Å². The van der Waals surface area contributed by atoms with Crippen LogP contribution < -0.4 is 16.6 Å².